The van der Waals surface area contributed by atoms with E-state index in [0.29, 0.717) is 0 Å². The largest absolute Gasteiger partial charge is 0.341 e. The van der Waals surface area contributed by atoms with E-state index >= 15 is 0 Å². The fraction of sp³-hybridized carbons (Fsp3) is 0.833. The molecule has 0 saturated heterocycles. The van der Waals surface area contributed by atoms with Crippen LogP contribution in [0.25, 0.3) is 0 Å². The summed E-state index contributed by atoms with van der Waals surface area (Å²) in [5.74, 6) is 0. The third kappa shape index (κ3) is 5.14. The number of nitrogens with one attached hydrogen (secondary N) is 2. The highest BCUT2D eigenvalue weighted by molar-refractivity contribution is 5.74. The van der Waals surface area contributed by atoms with Crippen molar-refractivity contribution in [2.75, 3.05) is 7.05 Å². The number of rotatable bonds is 0. The van der Waals surface area contributed by atoms with Gasteiger partial charge < -0.3 is 10.6 Å². The van der Waals surface area contributed by atoms with E-state index in [2.05, 4.69) is 10.6 Å². The second kappa shape index (κ2) is 2.71. The van der Waals surface area contributed by atoms with Crippen molar-refractivity contribution in [2.24, 2.45) is 0 Å². The molecule has 0 heterocycles. The maximum absolute atomic E-state index is 10.6. The van der Waals surface area contributed by atoms with Gasteiger partial charge in [0.2, 0.25) is 0 Å². The molecule has 9 heavy (non-hydrogen) atoms. The fourth-order valence-electron chi connectivity index (χ4n) is 0.403. The van der Waals surface area contributed by atoms with Crippen LogP contribution in [-0.4, -0.2) is 18.6 Å². The molecule has 0 saturated carbocycles. The smallest absolute Gasteiger partial charge is 0.314 e. The third-order valence-corrected chi connectivity index (χ3v) is 0.716. The van der Waals surface area contributed by atoms with Crippen molar-refractivity contribution in [3.8, 4) is 0 Å². The molecule has 0 atom stereocenters. The van der Waals surface area contributed by atoms with Crippen molar-refractivity contribution < 1.29 is 4.79 Å². The predicted octanol–water partition coefficient (Wildman–Crippen LogP) is 0.714. The van der Waals surface area contributed by atoms with Gasteiger partial charge in [-0.1, -0.05) is 0 Å². The summed E-state index contributed by atoms with van der Waals surface area (Å²) in [6.07, 6.45) is 0. The second-order valence-electron chi connectivity index (χ2n) is 2.95. The minimum absolute atomic E-state index is 0.137. The van der Waals surface area contributed by atoms with Gasteiger partial charge in [0.1, 0.15) is 0 Å². The number of amides is 2. The Morgan fingerprint density at radius 3 is 1.89 bits per heavy atom. The highest BCUT2D eigenvalue weighted by Crippen LogP contribution is 1.96. The normalized spacial score (nSPS) is 10.7. The molecule has 0 fully saturated rings. The van der Waals surface area contributed by atoms with Gasteiger partial charge in [0.25, 0.3) is 0 Å². The molecule has 0 aliphatic heterocycles. The number of carbonyl (C=O) groups excluding carboxylic acids is 1. The van der Waals surface area contributed by atoms with Crippen LogP contribution in [0.15, 0.2) is 0 Å². The van der Waals surface area contributed by atoms with Gasteiger partial charge in [0.05, 0.1) is 0 Å². The van der Waals surface area contributed by atoms with Gasteiger partial charge in [-0.3, -0.25) is 0 Å². The average molecular weight is 130 g/mol. The van der Waals surface area contributed by atoms with Crippen LogP contribution in [0.4, 0.5) is 4.79 Å². The summed E-state index contributed by atoms with van der Waals surface area (Å²) in [4.78, 5) is 10.6. The Bertz CT molecular complexity index is 104. The monoisotopic (exact) mass is 130 g/mol. The molecule has 0 unspecified atom stereocenters. The van der Waals surface area contributed by atoms with E-state index in [9.17, 15) is 4.79 Å². The highest BCUT2D eigenvalue weighted by Gasteiger charge is 2.11. The molecule has 3 nitrogen and oxygen atoms in total. The summed E-state index contributed by atoms with van der Waals surface area (Å²) < 4.78 is 0. The van der Waals surface area contributed by atoms with Gasteiger partial charge in [-0.05, 0) is 20.8 Å². The van der Waals surface area contributed by atoms with Crippen LogP contribution in [0, 0.1) is 0 Å². The van der Waals surface area contributed by atoms with Crippen LogP contribution in [-0.2, 0) is 0 Å². The standard InChI is InChI=1S/C6H14N2O/c1-6(2,3)8-5(9)7-4/h1-4H3,(H2,7,8,9). The molecule has 2 N–H and O–H groups in total. The number of hydrogen-bond acceptors (Lipinski definition) is 1. The Labute approximate surface area is 55.8 Å². The molecule has 0 radical (unpaired) electrons. The molecule has 0 aromatic heterocycles. The lowest BCUT2D eigenvalue weighted by molar-refractivity contribution is 0.234. The van der Waals surface area contributed by atoms with Crippen LogP contribution < -0.4 is 10.6 Å². The SMILES string of the molecule is CNC(=O)NC(C)(C)C. The van der Waals surface area contributed by atoms with Gasteiger partial charge in [0.15, 0.2) is 0 Å². The summed E-state index contributed by atoms with van der Waals surface area (Å²) in [7, 11) is 1.60. The molecule has 2 amide bonds. The van der Waals surface area contributed by atoms with Crippen molar-refractivity contribution in [1.82, 2.24) is 10.6 Å². The zero-order valence-corrected chi connectivity index (χ0v) is 6.41. The van der Waals surface area contributed by atoms with Crippen LogP contribution in [0.2, 0.25) is 0 Å². The molecule has 0 aliphatic carbocycles. The summed E-state index contributed by atoms with van der Waals surface area (Å²) in [5, 5.41) is 5.19. The summed E-state index contributed by atoms with van der Waals surface area (Å²) in [5.41, 5.74) is -0.139. The van der Waals surface area contributed by atoms with Crippen molar-refractivity contribution in [3.63, 3.8) is 0 Å². The van der Waals surface area contributed by atoms with Crippen molar-refractivity contribution in [1.29, 1.82) is 0 Å². The molecule has 3 heteroatoms. The number of hydrogen-bond donors (Lipinski definition) is 2. The molecular weight excluding hydrogens is 116 g/mol. The quantitative estimate of drug-likeness (QED) is 0.498. The van der Waals surface area contributed by atoms with Gasteiger partial charge in [-0.15, -0.1) is 0 Å². The maximum atomic E-state index is 10.6. The third-order valence-electron chi connectivity index (χ3n) is 0.716. The molecule has 0 aromatic rings. The van der Waals surface area contributed by atoms with Gasteiger partial charge >= 0.3 is 6.03 Å². The van der Waals surface area contributed by atoms with Crippen molar-refractivity contribution in [2.45, 2.75) is 26.3 Å². The first kappa shape index (κ1) is 8.27. The molecule has 0 bridgehead atoms. The molecule has 54 valence electrons. The van der Waals surface area contributed by atoms with Gasteiger partial charge in [0, 0.05) is 12.6 Å². The Morgan fingerprint density at radius 2 is 1.78 bits per heavy atom. The van der Waals surface area contributed by atoms with Crippen LogP contribution in [0.1, 0.15) is 20.8 Å². The molecule has 0 aliphatic rings. The minimum Gasteiger partial charge on any atom is -0.341 e. The van der Waals surface area contributed by atoms with E-state index < -0.39 is 0 Å². The summed E-state index contributed by atoms with van der Waals surface area (Å²) >= 11 is 0. The first-order valence-corrected chi connectivity index (χ1v) is 2.95. The van der Waals surface area contributed by atoms with E-state index in [0.717, 1.165) is 0 Å². The first-order valence-electron chi connectivity index (χ1n) is 2.95. The first-order chi connectivity index (χ1) is 3.95. The van der Waals surface area contributed by atoms with E-state index in [1.54, 1.807) is 7.05 Å². The number of carbonyl (C=O) groups is 1. The van der Waals surface area contributed by atoms with Gasteiger partial charge in [-0.25, -0.2) is 4.79 Å². The van der Waals surface area contributed by atoms with Crippen LogP contribution in [0.5, 0.6) is 0 Å². The molecular formula is C6H14N2O. The Morgan fingerprint density at radius 1 is 1.33 bits per heavy atom. The maximum Gasteiger partial charge on any atom is 0.314 e. The molecule has 0 spiro atoms. The van der Waals surface area contributed by atoms with E-state index in [4.69, 9.17) is 0 Å². The van der Waals surface area contributed by atoms with Crippen molar-refractivity contribution in [3.05, 3.63) is 0 Å². The summed E-state index contributed by atoms with van der Waals surface area (Å²) in [6, 6.07) is -0.137. The minimum atomic E-state index is -0.139. The molecule has 0 aromatic carbocycles. The lowest BCUT2D eigenvalue weighted by Crippen LogP contribution is -2.45. The second-order valence-corrected chi connectivity index (χ2v) is 2.95. The highest BCUT2D eigenvalue weighted by atomic mass is 16.2. The predicted molar refractivity (Wildman–Crippen MR) is 37.3 cm³/mol. The number of urea groups is 1. The van der Waals surface area contributed by atoms with E-state index in [1.165, 1.54) is 0 Å². The lowest BCUT2D eigenvalue weighted by atomic mass is 10.1. The Kier molecular flexibility index (Phi) is 2.49. The zero-order chi connectivity index (χ0) is 7.49. The fourth-order valence-corrected chi connectivity index (χ4v) is 0.403. The van der Waals surface area contributed by atoms with E-state index in [1.807, 2.05) is 20.8 Å². The molecule has 0 rings (SSSR count). The van der Waals surface area contributed by atoms with Gasteiger partial charge in [-0.2, -0.15) is 0 Å². The van der Waals surface area contributed by atoms with Crippen LogP contribution >= 0.6 is 0 Å². The lowest BCUT2D eigenvalue weighted by Gasteiger charge is -2.19. The Balaban J connectivity index is 3.60. The van der Waals surface area contributed by atoms with Crippen LogP contribution in [0.3, 0.4) is 0 Å². The van der Waals surface area contributed by atoms with Crippen molar-refractivity contribution >= 4 is 6.03 Å². The average Bonchev–Trinajstić information content (AvgIpc) is 1.62. The summed E-state index contributed by atoms with van der Waals surface area (Å²) in [6.45, 7) is 5.80. The van der Waals surface area contributed by atoms with E-state index in [-0.39, 0.29) is 11.6 Å². The zero-order valence-electron chi connectivity index (χ0n) is 6.41. The Hall–Kier alpha value is -0.730. The topological polar surface area (TPSA) is 41.1 Å².